The lowest BCUT2D eigenvalue weighted by molar-refractivity contribution is -0.0511. The van der Waals surface area contributed by atoms with Crippen LogP contribution in [0.25, 0.3) is 11.2 Å². The van der Waals surface area contributed by atoms with Crippen molar-refractivity contribution in [3.8, 4) is 5.75 Å². The first-order valence-electron chi connectivity index (χ1n) is 9.08. The number of nitrogens with zero attached hydrogens (tertiary/aromatic N) is 5. The third-order valence-electron chi connectivity index (χ3n) is 4.75. The first-order chi connectivity index (χ1) is 14.5. The molecule has 0 radical (unpaired) electrons. The van der Waals surface area contributed by atoms with Gasteiger partial charge in [0.05, 0.1) is 26.3 Å². The maximum absolute atomic E-state index is 10.3. The lowest BCUT2D eigenvalue weighted by Gasteiger charge is -2.16. The Morgan fingerprint density at radius 1 is 1.30 bits per heavy atom. The lowest BCUT2D eigenvalue weighted by Crippen LogP contribution is -2.33. The summed E-state index contributed by atoms with van der Waals surface area (Å²) in [6.45, 7) is -0.442. The SMILES string of the molecule is COc1ccccc1/C=N/Nc1nc(N)c2ncn(C3O[C@H](CO)[C@@H](O)[C@H]3O)c2n1. The van der Waals surface area contributed by atoms with E-state index >= 15 is 0 Å². The molecule has 1 fully saturated rings. The van der Waals surface area contributed by atoms with Crippen LogP contribution >= 0.6 is 0 Å². The molecule has 6 N–H and O–H groups in total. The third-order valence-corrected chi connectivity index (χ3v) is 4.75. The largest absolute Gasteiger partial charge is 0.496 e. The van der Waals surface area contributed by atoms with Crippen LogP contribution in [0.2, 0.25) is 0 Å². The number of nitrogens with two attached hydrogens (primary N) is 1. The number of hydrogen-bond donors (Lipinski definition) is 5. The Bertz CT molecular complexity index is 1070. The summed E-state index contributed by atoms with van der Waals surface area (Å²) < 4.78 is 12.2. The van der Waals surface area contributed by atoms with Crippen LogP contribution in [0.15, 0.2) is 35.7 Å². The van der Waals surface area contributed by atoms with Gasteiger partial charge in [0, 0.05) is 5.56 Å². The number of ether oxygens (including phenoxy) is 2. The summed E-state index contributed by atoms with van der Waals surface area (Å²) in [6, 6.07) is 7.34. The molecule has 0 saturated carbocycles. The molecule has 1 unspecified atom stereocenters. The van der Waals surface area contributed by atoms with Crippen LogP contribution in [-0.4, -0.2) is 73.1 Å². The molecule has 1 aliphatic heterocycles. The van der Waals surface area contributed by atoms with Gasteiger partial charge < -0.3 is 30.5 Å². The number of benzene rings is 1. The molecule has 0 amide bonds. The van der Waals surface area contributed by atoms with Crippen molar-refractivity contribution >= 4 is 29.1 Å². The van der Waals surface area contributed by atoms with Crippen LogP contribution in [0.5, 0.6) is 5.75 Å². The number of hydrogen-bond acceptors (Lipinski definition) is 11. The molecule has 0 spiro atoms. The molecule has 4 rings (SSSR count). The van der Waals surface area contributed by atoms with Gasteiger partial charge in [-0.15, -0.1) is 0 Å². The number of anilines is 2. The van der Waals surface area contributed by atoms with Crippen molar-refractivity contribution in [3.05, 3.63) is 36.2 Å². The highest BCUT2D eigenvalue weighted by atomic mass is 16.6. The summed E-state index contributed by atoms with van der Waals surface area (Å²) in [7, 11) is 1.57. The Morgan fingerprint density at radius 2 is 2.10 bits per heavy atom. The van der Waals surface area contributed by atoms with Crippen LogP contribution in [-0.2, 0) is 4.74 Å². The number of aliphatic hydroxyl groups excluding tert-OH is 3. The lowest BCUT2D eigenvalue weighted by atomic mass is 10.1. The average Bonchev–Trinajstić information content (AvgIpc) is 3.30. The number of imidazole rings is 1. The zero-order valence-electron chi connectivity index (χ0n) is 16.0. The minimum absolute atomic E-state index is 0.0969. The van der Waals surface area contributed by atoms with Gasteiger partial charge in [-0.3, -0.25) is 4.57 Å². The maximum atomic E-state index is 10.3. The standard InChI is InChI=1S/C18H21N7O5/c1-29-10-5-3-2-4-9(10)6-21-24-18-22-15(19)12-16(23-18)25(8-20-12)17-14(28)13(27)11(7-26)30-17/h2-6,8,11,13-14,17,26-28H,7H2,1H3,(H3,19,22,23,24)/b21-6+/t11-,13-,14-,17?/m1/s1. The third kappa shape index (κ3) is 3.52. The molecule has 4 atom stereocenters. The molecule has 2 aromatic heterocycles. The van der Waals surface area contributed by atoms with Gasteiger partial charge in [-0.1, -0.05) is 12.1 Å². The van der Waals surface area contributed by atoms with Crippen LogP contribution in [0.3, 0.4) is 0 Å². The van der Waals surface area contributed by atoms with E-state index in [1.165, 1.54) is 10.9 Å². The average molecular weight is 415 g/mol. The van der Waals surface area contributed by atoms with Gasteiger partial charge in [0.2, 0.25) is 5.95 Å². The van der Waals surface area contributed by atoms with E-state index in [0.717, 1.165) is 5.56 Å². The summed E-state index contributed by atoms with van der Waals surface area (Å²) in [6.07, 6.45) is -1.54. The van der Waals surface area contributed by atoms with Gasteiger partial charge in [0.25, 0.3) is 0 Å². The fraction of sp³-hybridized carbons (Fsp3) is 0.333. The maximum Gasteiger partial charge on any atom is 0.247 e. The van der Waals surface area contributed by atoms with Crippen LogP contribution in [0.1, 0.15) is 11.8 Å². The molecule has 1 aromatic carbocycles. The van der Waals surface area contributed by atoms with Crippen molar-refractivity contribution in [2.24, 2.45) is 5.10 Å². The minimum Gasteiger partial charge on any atom is -0.496 e. The molecule has 0 bridgehead atoms. The number of para-hydroxylation sites is 1. The first kappa shape index (κ1) is 20.0. The van der Waals surface area contributed by atoms with Gasteiger partial charge in [-0.05, 0) is 12.1 Å². The zero-order chi connectivity index (χ0) is 21.3. The number of aliphatic hydroxyl groups is 3. The molecule has 12 nitrogen and oxygen atoms in total. The number of nitrogen functional groups attached to an aromatic ring is 1. The van der Waals surface area contributed by atoms with Crippen molar-refractivity contribution in [2.45, 2.75) is 24.5 Å². The smallest absolute Gasteiger partial charge is 0.247 e. The Hall–Kier alpha value is -3.32. The van der Waals surface area contributed by atoms with Gasteiger partial charge in [-0.2, -0.15) is 15.1 Å². The Kier molecular flexibility index (Phi) is 5.46. The van der Waals surface area contributed by atoms with E-state index in [9.17, 15) is 15.3 Å². The molecule has 1 saturated heterocycles. The van der Waals surface area contributed by atoms with Gasteiger partial charge in [-0.25, -0.2) is 10.4 Å². The summed E-state index contributed by atoms with van der Waals surface area (Å²) in [5.41, 5.74) is 10.0. The predicted octanol–water partition coefficient (Wildman–Crippen LogP) is -0.525. The predicted molar refractivity (Wildman–Crippen MR) is 107 cm³/mol. The summed E-state index contributed by atoms with van der Waals surface area (Å²) in [4.78, 5) is 12.6. The Balaban J connectivity index is 1.62. The number of aromatic nitrogens is 4. The van der Waals surface area contributed by atoms with Gasteiger partial charge in [0.1, 0.15) is 29.6 Å². The summed E-state index contributed by atoms with van der Waals surface area (Å²) in [5, 5.41) is 33.7. The monoisotopic (exact) mass is 415 g/mol. The molecular formula is C18H21N7O5. The topological polar surface area (TPSA) is 173 Å². The van der Waals surface area contributed by atoms with Crippen molar-refractivity contribution in [1.82, 2.24) is 19.5 Å². The number of hydrazone groups is 1. The van der Waals surface area contributed by atoms with Crippen LogP contribution < -0.4 is 15.9 Å². The Labute approximate surface area is 170 Å². The quantitative estimate of drug-likeness (QED) is 0.260. The normalized spacial score (nSPS) is 24.0. The molecule has 12 heteroatoms. The highest BCUT2D eigenvalue weighted by Gasteiger charge is 2.44. The van der Waals surface area contributed by atoms with E-state index in [0.29, 0.717) is 11.3 Å². The van der Waals surface area contributed by atoms with E-state index in [2.05, 4.69) is 25.5 Å². The van der Waals surface area contributed by atoms with E-state index < -0.39 is 31.1 Å². The van der Waals surface area contributed by atoms with E-state index in [1.807, 2.05) is 18.2 Å². The molecule has 1 aliphatic rings. The second-order valence-electron chi connectivity index (χ2n) is 6.60. The molecule has 3 heterocycles. The first-order valence-corrected chi connectivity index (χ1v) is 9.08. The second-order valence-corrected chi connectivity index (χ2v) is 6.60. The second kappa shape index (κ2) is 8.20. The van der Waals surface area contributed by atoms with Crippen LogP contribution in [0, 0.1) is 0 Å². The number of nitrogens with one attached hydrogen (secondary N) is 1. The Morgan fingerprint density at radius 3 is 2.83 bits per heavy atom. The summed E-state index contributed by atoms with van der Waals surface area (Å²) in [5.74, 6) is 0.849. The zero-order valence-corrected chi connectivity index (χ0v) is 16.0. The van der Waals surface area contributed by atoms with Crippen molar-refractivity contribution in [1.29, 1.82) is 0 Å². The number of rotatable bonds is 6. The molecule has 3 aromatic rings. The molecule has 30 heavy (non-hydrogen) atoms. The number of methoxy groups -OCH3 is 1. The van der Waals surface area contributed by atoms with Crippen molar-refractivity contribution in [2.75, 3.05) is 24.9 Å². The highest BCUT2D eigenvalue weighted by Crippen LogP contribution is 2.32. The fourth-order valence-electron chi connectivity index (χ4n) is 3.22. The van der Waals surface area contributed by atoms with Gasteiger partial charge >= 0.3 is 0 Å². The summed E-state index contributed by atoms with van der Waals surface area (Å²) >= 11 is 0. The molecule has 158 valence electrons. The highest BCUT2D eigenvalue weighted by molar-refractivity contribution is 5.85. The molecule has 0 aliphatic carbocycles. The van der Waals surface area contributed by atoms with Crippen molar-refractivity contribution < 1.29 is 24.8 Å². The minimum atomic E-state index is -1.28. The number of fused-ring (bicyclic) bond motifs is 1. The van der Waals surface area contributed by atoms with E-state index in [1.54, 1.807) is 19.4 Å². The fourth-order valence-corrected chi connectivity index (χ4v) is 3.22. The van der Waals surface area contributed by atoms with Crippen molar-refractivity contribution in [3.63, 3.8) is 0 Å². The van der Waals surface area contributed by atoms with E-state index in [4.69, 9.17) is 15.2 Å². The molecular weight excluding hydrogens is 394 g/mol. The van der Waals surface area contributed by atoms with Crippen LogP contribution in [0.4, 0.5) is 11.8 Å². The van der Waals surface area contributed by atoms with E-state index in [-0.39, 0.29) is 17.4 Å². The van der Waals surface area contributed by atoms with Gasteiger partial charge in [0.15, 0.2) is 17.7 Å².